The van der Waals surface area contributed by atoms with Crippen LogP contribution in [0, 0.1) is 5.41 Å². The molecule has 2 atom stereocenters. The molecule has 3 nitrogen and oxygen atoms in total. The van der Waals surface area contributed by atoms with Gasteiger partial charge in [0.25, 0.3) is 5.91 Å². The van der Waals surface area contributed by atoms with Crippen LogP contribution in [0.4, 0.5) is 0 Å². The van der Waals surface area contributed by atoms with Crippen LogP contribution in [0.3, 0.4) is 0 Å². The predicted molar refractivity (Wildman–Crippen MR) is 129 cm³/mol. The maximum absolute atomic E-state index is 12.0. The molecule has 1 amide bonds. The molecular weight excluding hydrogens is 378 g/mol. The molecule has 0 aliphatic heterocycles. The lowest BCUT2D eigenvalue weighted by Crippen LogP contribution is -2.36. The normalized spacial score (nSPS) is 14.1. The zero-order valence-electron chi connectivity index (χ0n) is 18.7. The van der Waals surface area contributed by atoms with Gasteiger partial charge in [0.2, 0.25) is 0 Å². The molecule has 0 aromatic heterocycles. The molecule has 0 spiro atoms. The lowest BCUT2D eigenvalue weighted by Gasteiger charge is -2.20. The van der Waals surface area contributed by atoms with Crippen LogP contribution in [0.2, 0.25) is 0 Å². The first-order valence-corrected chi connectivity index (χ1v) is 11.6. The first-order chi connectivity index (χ1) is 13.8. The van der Waals surface area contributed by atoms with Crippen LogP contribution < -0.4 is 10.1 Å². The number of hydrogen-bond acceptors (Lipinski definition) is 3. The average molecular weight is 416 g/mol. The van der Waals surface area contributed by atoms with Gasteiger partial charge in [0.05, 0.1) is 0 Å². The van der Waals surface area contributed by atoms with Crippen molar-refractivity contribution in [2.45, 2.75) is 53.0 Å². The number of rotatable bonds is 13. The summed E-state index contributed by atoms with van der Waals surface area (Å²) in [5, 5.41) is 2.96. The molecular formula is C25H37NO2S. The van der Waals surface area contributed by atoms with E-state index in [4.69, 9.17) is 4.74 Å². The van der Waals surface area contributed by atoms with Gasteiger partial charge in [-0.1, -0.05) is 48.9 Å². The number of hydrogen-bond donors (Lipinski definition) is 1. The maximum Gasteiger partial charge on any atom is 0.258 e. The third-order valence-electron chi connectivity index (χ3n) is 4.77. The average Bonchev–Trinajstić information content (AvgIpc) is 2.69. The molecule has 0 aliphatic carbocycles. The van der Waals surface area contributed by atoms with Crippen molar-refractivity contribution >= 4 is 23.7 Å². The number of thioether (sulfide) groups is 1. The second-order valence-corrected chi connectivity index (χ2v) is 8.96. The van der Waals surface area contributed by atoms with Crippen molar-refractivity contribution in [2.75, 3.05) is 18.6 Å². The summed E-state index contributed by atoms with van der Waals surface area (Å²) in [5.41, 5.74) is 2.41. The molecule has 1 rings (SSSR count). The third kappa shape index (κ3) is 11.0. The molecule has 0 radical (unpaired) electrons. The zero-order chi connectivity index (χ0) is 21.7. The number of carbonyl (C=O) groups excluding carboxylic acids is 1. The zero-order valence-corrected chi connectivity index (χ0v) is 19.5. The first-order valence-electron chi connectivity index (χ1n) is 10.3. The van der Waals surface area contributed by atoms with Crippen LogP contribution in [0.5, 0.6) is 5.75 Å². The van der Waals surface area contributed by atoms with Crippen molar-refractivity contribution in [3.63, 3.8) is 0 Å². The summed E-state index contributed by atoms with van der Waals surface area (Å²) in [6.07, 6.45) is 13.7. The summed E-state index contributed by atoms with van der Waals surface area (Å²) in [6.45, 7) is 12.5. The number of allylic oxidation sites excluding steroid dienone is 4. The van der Waals surface area contributed by atoms with E-state index in [1.807, 2.05) is 37.3 Å². The minimum Gasteiger partial charge on any atom is -0.484 e. The topological polar surface area (TPSA) is 38.3 Å². The van der Waals surface area contributed by atoms with Gasteiger partial charge in [-0.05, 0) is 69.7 Å². The van der Waals surface area contributed by atoms with Gasteiger partial charge in [-0.15, -0.1) is 6.58 Å². The van der Waals surface area contributed by atoms with Gasteiger partial charge < -0.3 is 10.1 Å². The van der Waals surface area contributed by atoms with Crippen LogP contribution in [0.25, 0.3) is 6.08 Å². The smallest absolute Gasteiger partial charge is 0.258 e. The van der Waals surface area contributed by atoms with Crippen molar-refractivity contribution in [1.82, 2.24) is 5.32 Å². The fraction of sp³-hybridized carbons (Fsp3) is 0.480. The SMILES string of the molecule is C=C[C@@](C)(/C=C/c1ccc(OCC(=O)NC(C)CCSC)cc1)CCC=C(C)C. The Balaban J connectivity index is 2.53. The van der Waals surface area contributed by atoms with Crippen LogP contribution in [0.15, 0.2) is 54.6 Å². The van der Waals surface area contributed by atoms with E-state index in [2.05, 4.69) is 57.2 Å². The summed E-state index contributed by atoms with van der Waals surface area (Å²) in [6, 6.07) is 7.98. The van der Waals surface area contributed by atoms with E-state index in [9.17, 15) is 4.79 Å². The molecule has 1 N–H and O–H groups in total. The predicted octanol–water partition coefficient (Wildman–Crippen LogP) is 6.28. The molecule has 0 saturated heterocycles. The number of nitrogens with one attached hydrogen (secondary N) is 1. The van der Waals surface area contributed by atoms with Gasteiger partial charge in [0.1, 0.15) is 5.75 Å². The van der Waals surface area contributed by atoms with Gasteiger partial charge >= 0.3 is 0 Å². The summed E-state index contributed by atoms with van der Waals surface area (Å²) >= 11 is 1.78. The molecule has 0 fully saturated rings. The Morgan fingerprint density at radius 3 is 2.59 bits per heavy atom. The van der Waals surface area contributed by atoms with Crippen molar-refractivity contribution in [2.24, 2.45) is 5.41 Å². The van der Waals surface area contributed by atoms with Crippen LogP contribution in [-0.4, -0.2) is 30.6 Å². The molecule has 0 heterocycles. The highest BCUT2D eigenvalue weighted by Gasteiger charge is 2.15. The quantitative estimate of drug-likeness (QED) is 0.386. The van der Waals surface area contributed by atoms with Crippen molar-refractivity contribution in [1.29, 1.82) is 0 Å². The Morgan fingerprint density at radius 1 is 1.31 bits per heavy atom. The van der Waals surface area contributed by atoms with Gasteiger partial charge in [-0.25, -0.2) is 0 Å². The van der Waals surface area contributed by atoms with E-state index in [1.54, 1.807) is 11.8 Å². The Hall–Kier alpha value is -1.94. The molecule has 1 aromatic rings. The standard InChI is InChI=1S/C25H37NO2S/c1-7-25(5,16-8-9-20(2)3)17-14-22-10-12-23(13-11-22)28-19-24(27)26-21(4)15-18-29-6/h7,9-14,17,21H,1,8,15-16,18-19H2,2-6H3,(H,26,27)/b17-14+/t21?,25-/m1/s1. The van der Waals surface area contributed by atoms with E-state index < -0.39 is 0 Å². The summed E-state index contributed by atoms with van der Waals surface area (Å²) in [5.74, 6) is 1.65. The van der Waals surface area contributed by atoms with Gasteiger partial charge in [0.15, 0.2) is 6.61 Å². The minimum absolute atomic E-state index is 0.0355. The number of ether oxygens (including phenoxy) is 1. The van der Waals surface area contributed by atoms with Crippen molar-refractivity contribution in [3.05, 3.63) is 60.2 Å². The molecule has 4 heteroatoms. The highest BCUT2D eigenvalue weighted by Crippen LogP contribution is 2.28. The Morgan fingerprint density at radius 2 is 2.00 bits per heavy atom. The van der Waals surface area contributed by atoms with Gasteiger partial charge in [-0.3, -0.25) is 4.79 Å². The molecule has 160 valence electrons. The maximum atomic E-state index is 12.0. The Bertz CT molecular complexity index is 689. The number of carbonyl (C=O) groups is 1. The summed E-state index contributed by atoms with van der Waals surface area (Å²) in [7, 11) is 0. The van der Waals surface area contributed by atoms with Crippen molar-refractivity contribution < 1.29 is 9.53 Å². The van der Waals surface area contributed by atoms with E-state index in [0.29, 0.717) is 5.75 Å². The van der Waals surface area contributed by atoms with Gasteiger partial charge in [0, 0.05) is 11.5 Å². The summed E-state index contributed by atoms with van der Waals surface area (Å²) < 4.78 is 5.61. The van der Waals surface area contributed by atoms with Crippen LogP contribution >= 0.6 is 11.8 Å². The van der Waals surface area contributed by atoms with E-state index in [0.717, 1.165) is 30.6 Å². The van der Waals surface area contributed by atoms with Crippen molar-refractivity contribution in [3.8, 4) is 5.75 Å². The largest absolute Gasteiger partial charge is 0.484 e. The van der Waals surface area contributed by atoms with Gasteiger partial charge in [-0.2, -0.15) is 11.8 Å². The lowest BCUT2D eigenvalue weighted by atomic mass is 9.84. The second kappa shape index (κ2) is 13.3. The highest BCUT2D eigenvalue weighted by molar-refractivity contribution is 7.98. The first kappa shape index (κ1) is 25.1. The molecule has 0 aliphatic rings. The molecule has 1 unspecified atom stereocenters. The summed E-state index contributed by atoms with van der Waals surface area (Å²) in [4.78, 5) is 12.0. The highest BCUT2D eigenvalue weighted by atomic mass is 32.2. The molecule has 0 saturated carbocycles. The van der Waals surface area contributed by atoms with Crippen LogP contribution in [0.1, 0.15) is 52.5 Å². The fourth-order valence-corrected chi connectivity index (χ4v) is 3.31. The number of amides is 1. The number of benzene rings is 1. The second-order valence-electron chi connectivity index (χ2n) is 7.97. The monoisotopic (exact) mass is 415 g/mol. The molecule has 1 aromatic carbocycles. The Labute approximate surface area is 181 Å². The van der Waals surface area contributed by atoms with Crippen LogP contribution in [-0.2, 0) is 4.79 Å². The van der Waals surface area contributed by atoms with E-state index in [1.165, 1.54) is 5.57 Å². The lowest BCUT2D eigenvalue weighted by molar-refractivity contribution is -0.123. The third-order valence-corrected chi connectivity index (χ3v) is 5.41. The Kier molecular flexibility index (Phi) is 11.5. The van der Waals surface area contributed by atoms with E-state index in [-0.39, 0.29) is 24.0 Å². The molecule has 0 bridgehead atoms. The minimum atomic E-state index is -0.0827. The fourth-order valence-electron chi connectivity index (χ4n) is 2.72. The van der Waals surface area contributed by atoms with E-state index >= 15 is 0 Å². The molecule has 29 heavy (non-hydrogen) atoms.